The quantitative estimate of drug-likeness (QED) is 0.225. The molecule has 0 atom stereocenters. The molecule has 0 amide bonds. The van der Waals surface area contributed by atoms with Gasteiger partial charge in [-0.05, 0) is 24.5 Å². The van der Waals surface area contributed by atoms with Gasteiger partial charge >= 0.3 is 12.1 Å². The highest BCUT2D eigenvalue weighted by Gasteiger charge is 2.30. The molecule has 0 radical (unpaired) electrons. The number of carbonyl (C=O) groups is 1. The highest BCUT2D eigenvalue weighted by Crippen LogP contribution is 2.18. The predicted octanol–water partition coefficient (Wildman–Crippen LogP) is 6.40. The Labute approximate surface area is 152 Å². The van der Waals surface area contributed by atoms with Crippen LogP contribution in [0.3, 0.4) is 0 Å². The molecule has 26 heavy (non-hydrogen) atoms. The van der Waals surface area contributed by atoms with Crippen LogP contribution in [0.2, 0.25) is 0 Å². The Morgan fingerprint density at radius 3 is 2.08 bits per heavy atom. The number of esters is 1. The lowest BCUT2D eigenvalue weighted by Gasteiger charge is -2.06. The molecule has 0 unspecified atom stereocenters. The van der Waals surface area contributed by atoms with Gasteiger partial charge in [0.1, 0.15) is 0 Å². The second kappa shape index (κ2) is 12.0. The molecule has 0 saturated carbocycles. The fourth-order valence-corrected chi connectivity index (χ4v) is 2.81. The first-order chi connectivity index (χ1) is 12.3. The summed E-state index contributed by atoms with van der Waals surface area (Å²) < 4.78 is 53.8. The Morgan fingerprint density at radius 1 is 1.00 bits per heavy atom. The van der Waals surface area contributed by atoms with Crippen molar-refractivity contribution in [2.75, 3.05) is 6.61 Å². The summed E-state index contributed by atoms with van der Waals surface area (Å²) in [4.78, 5) is 11.5. The highest BCUT2D eigenvalue weighted by atomic mass is 19.4. The van der Waals surface area contributed by atoms with Crippen molar-refractivity contribution in [1.29, 1.82) is 0 Å². The van der Waals surface area contributed by atoms with Gasteiger partial charge in [0.05, 0.1) is 0 Å². The number of unbranched alkanes of at least 4 members (excludes halogenated alkanes) is 9. The first kappa shape index (κ1) is 22.5. The van der Waals surface area contributed by atoms with Gasteiger partial charge in [0, 0.05) is 6.20 Å². The molecule has 3 nitrogen and oxygen atoms in total. The lowest BCUT2D eigenvalue weighted by Crippen LogP contribution is -2.21. The number of ether oxygens (including phenoxy) is 1. The standard InChI is InChI=1S/C19H29F4NO2/c1-2-3-4-5-6-7-8-9-10-11-12-16-13-17(24(23)14-16)18(25)26-15-19(20,21)22/h13-14H,2-12,15H2,1H3. The minimum atomic E-state index is -4.62. The smallest absolute Gasteiger partial charge is 0.422 e. The number of carbonyl (C=O) groups excluding carboxylic acids is 1. The summed E-state index contributed by atoms with van der Waals surface area (Å²) in [5.41, 5.74) is 0.0855. The number of alkyl halides is 3. The van der Waals surface area contributed by atoms with Crippen molar-refractivity contribution in [3.8, 4) is 0 Å². The lowest BCUT2D eigenvalue weighted by molar-refractivity contribution is -0.161. The van der Waals surface area contributed by atoms with E-state index < -0.39 is 24.4 Å². The van der Waals surface area contributed by atoms with Gasteiger partial charge in [-0.1, -0.05) is 69.2 Å². The van der Waals surface area contributed by atoms with Crippen molar-refractivity contribution in [1.82, 2.24) is 4.79 Å². The van der Waals surface area contributed by atoms with E-state index in [0.29, 0.717) is 12.0 Å². The fourth-order valence-electron chi connectivity index (χ4n) is 2.81. The minimum Gasteiger partial charge on any atom is -0.451 e. The Hall–Kier alpha value is -1.53. The number of aryl methyl sites for hydroxylation is 1. The average molecular weight is 379 g/mol. The molecule has 1 aromatic heterocycles. The number of hydrogen-bond donors (Lipinski definition) is 0. The van der Waals surface area contributed by atoms with Gasteiger partial charge in [-0.15, -0.1) is 0 Å². The molecule has 1 aromatic rings. The van der Waals surface area contributed by atoms with Crippen molar-refractivity contribution in [2.24, 2.45) is 0 Å². The van der Waals surface area contributed by atoms with Crippen molar-refractivity contribution >= 4 is 5.97 Å². The Kier molecular flexibility index (Phi) is 10.4. The van der Waals surface area contributed by atoms with Gasteiger partial charge in [0.15, 0.2) is 12.3 Å². The molecule has 0 N–H and O–H groups in total. The second-order valence-electron chi connectivity index (χ2n) is 6.67. The van der Waals surface area contributed by atoms with Crippen LogP contribution >= 0.6 is 0 Å². The van der Waals surface area contributed by atoms with Crippen LogP contribution in [0.5, 0.6) is 0 Å². The van der Waals surface area contributed by atoms with Crippen LogP contribution in [0.4, 0.5) is 17.7 Å². The number of nitrogens with zero attached hydrogens (tertiary/aromatic N) is 1. The monoisotopic (exact) mass is 379 g/mol. The van der Waals surface area contributed by atoms with Gasteiger partial charge in [-0.2, -0.15) is 18.0 Å². The third-order valence-corrected chi connectivity index (χ3v) is 4.23. The van der Waals surface area contributed by atoms with Crippen LogP contribution in [0.1, 0.15) is 87.2 Å². The molecule has 0 bridgehead atoms. The van der Waals surface area contributed by atoms with Crippen LogP contribution < -0.4 is 0 Å². The third kappa shape index (κ3) is 9.82. The summed E-state index contributed by atoms with van der Waals surface area (Å²) in [5.74, 6) is -1.31. The molecule has 0 fully saturated rings. The van der Waals surface area contributed by atoms with E-state index in [1.54, 1.807) is 0 Å². The highest BCUT2D eigenvalue weighted by molar-refractivity contribution is 5.87. The summed E-state index contributed by atoms with van der Waals surface area (Å²) in [5, 5.41) is 0. The normalized spacial score (nSPS) is 11.7. The van der Waals surface area contributed by atoms with E-state index in [2.05, 4.69) is 11.7 Å². The van der Waals surface area contributed by atoms with Crippen LogP contribution in [-0.2, 0) is 11.2 Å². The Morgan fingerprint density at radius 2 is 1.54 bits per heavy atom. The third-order valence-electron chi connectivity index (χ3n) is 4.23. The Bertz CT molecular complexity index is 526. The van der Waals surface area contributed by atoms with E-state index in [4.69, 9.17) is 0 Å². The van der Waals surface area contributed by atoms with Gasteiger partial charge in [0.2, 0.25) is 0 Å². The molecule has 0 aromatic carbocycles. The molecule has 0 saturated heterocycles. The summed E-state index contributed by atoms with van der Waals surface area (Å²) in [7, 11) is 0. The SMILES string of the molecule is CCCCCCCCCCCCc1cc(C(=O)OCC(F)(F)F)n(F)c1. The molecule has 0 aliphatic heterocycles. The van der Waals surface area contributed by atoms with Gasteiger partial charge in [-0.25, -0.2) is 4.79 Å². The molecule has 150 valence electrons. The second-order valence-corrected chi connectivity index (χ2v) is 6.67. The van der Waals surface area contributed by atoms with Crippen LogP contribution in [0.15, 0.2) is 12.3 Å². The van der Waals surface area contributed by atoms with Crippen LogP contribution in [0, 0.1) is 0 Å². The molecule has 0 spiro atoms. The predicted molar refractivity (Wildman–Crippen MR) is 92.8 cm³/mol. The fraction of sp³-hybridized carbons (Fsp3) is 0.737. The lowest BCUT2D eigenvalue weighted by atomic mass is 10.0. The van der Waals surface area contributed by atoms with Crippen LogP contribution in [-0.4, -0.2) is 23.5 Å². The Balaban J connectivity index is 2.19. The zero-order valence-electron chi connectivity index (χ0n) is 15.4. The van der Waals surface area contributed by atoms with Crippen molar-refractivity contribution in [3.63, 3.8) is 0 Å². The molecule has 1 heterocycles. The molecule has 0 aliphatic carbocycles. The topological polar surface area (TPSA) is 31.2 Å². The zero-order chi connectivity index (χ0) is 19.4. The maximum absolute atomic E-state index is 13.6. The molecule has 1 rings (SSSR count). The average Bonchev–Trinajstić information content (AvgIpc) is 2.94. The maximum atomic E-state index is 13.6. The van der Waals surface area contributed by atoms with Crippen LogP contribution in [0.25, 0.3) is 0 Å². The molecule has 0 aliphatic rings. The number of aromatic nitrogens is 1. The summed E-state index contributed by atoms with van der Waals surface area (Å²) >= 11 is 0. The first-order valence-corrected chi connectivity index (χ1v) is 9.44. The van der Waals surface area contributed by atoms with Crippen molar-refractivity contribution in [3.05, 3.63) is 23.5 Å². The number of halogens is 4. The summed E-state index contributed by atoms with van der Waals surface area (Å²) in [6.07, 6.45) is 8.94. The van der Waals surface area contributed by atoms with E-state index in [1.807, 2.05) is 0 Å². The van der Waals surface area contributed by atoms with E-state index >= 15 is 0 Å². The maximum Gasteiger partial charge on any atom is 0.422 e. The van der Waals surface area contributed by atoms with E-state index in [1.165, 1.54) is 51.0 Å². The van der Waals surface area contributed by atoms with E-state index in [0.717, 1.165) is 25.5 Å². The van der Waals surface area contributed by atoms with Gasteiger partial charge in [-0.3, -0.25) is 0 Å². The zero-order valence-corrected chi connectivity index (χ0v) is 15.4. The number of hydrogen-bond acceptors (Lipinski definition) is 2. The largest absolute Gasteiger partial charge is 0.451 e. The molecular formula is C19H29F4NO2. The van der Waals surface area contributed by atoms with Gasteiger partial charge < -0.3 is 4.74 Å². The first-order valence-electron chi connectivity index (χ1n) is 9.44. The molecular weight excluding hydrogens is 350 g/mol. The number of rotatable bonds is 13. The molecule has 7 heteroatoms. The van der Waals surface area contributed by atoms with E-state index in [9.17, 15) is 22.4 Å². The van der Waals surface area contributed by atoms with E-state index in [-0.39, 0.29) is 4.79 Å². The van der Waals surface area contributed by atoms with Crippen molar-refractivity contribution in [2.45, 2.75) is 83.7 Å². The van der Waals surface area contributed by atoms with Crippen molar-refractivity contribution < 1.29 is 27.2 Å². The summed E-state index contributed by atoms with van der Waals surface area (Å²) in [6.45, 7) is 0.482. The minimum absolute atomic E-state index is 0.0321. The summed E-state index contributed by atoms with van der Waals surface area (Å²) in [6, 6.07) is 1.26. The van der Waals surface area contributed by atoms with Gasteiger partial charge in [0.25, 0.3) is 0 Å².